The third-order valence-corrected chi connectivity index (χ3v) is 4.64. The molecule has 2 bridgehead atoms. The van der Waals surface area contributed by atoms with Crippen molar-refractivity contribution in [1.82, 2.24) is 0 Å². The zero-order valence-electron chi connectivity index (χ0n) is 8.21. The second kappa shape index (κ2) is 2.73. The summed E-state index contributed by atoms with van der Waals surface area (Å²) in [6, 6.07) is 0. The zero-order valence-corrected chi connectivity index (χ0v) is 8.21. The molecule has 2 rings (SSSR count). The van der Waals surface area contributed by atoms with E-state index in [0.29, 0.717) is 11.3 Å². The van der Waals surface area contributed by atoms with E-state index >= 15 is 0 Å². The number of hydrogen-bond donors (Lipinski definition) is 1. The van der Waals surface area contributed by atoms with E-state index in [1.54, 1.807) is 0 Å². The molecule has 1 unspecified atom stereocenters. The summed E-state index contributed by atoms with van der Waals surface area (Å²) in [5.74, 6) is 1.49. The number of rotatable bonds is 2. The monoisotopic (exact) mass is 168 g/mol. The van der Waals surface area contributed by atoms with Gasteiger partial charge in [0.2, 0.25) is 0 Å². The average molecular weight is 168 g/mol. The molecule has 1 N–H and O–H groups in total. The van der Waals surface area contributed by atoms with Gasteiger partial charge in [0.25, 0.3) is 0 Å². The lowest BCUT2D eigenvalue weighted by atomic mass is 9.68. The predicted molar refractivity (Wildman–Crippen MR) is 49.9 cm³/mol. The second-order valence-electron chi connectivity index (χ2n) is 4.66. The van der Waals surface area contributed by atoms with Crippen LogP contribution in [0.15, 0.2) is 0 Å². The molecule has 0 aromatic rings. The standard InChI is InChI=1S/C11H20O/c1-3-11(4-2)9-6-5-8(7-9)10(11)12/h8-10,12H,3-7H2,1-2H3/t8-,9+,10?/m1/s1. The maximum atomic E-state index is 10.1. The first-order valence-corrected chi connectivity index (χ1v) is 5.42. The molecule has 70 valence electrons. The van der Waals surface area contributed by atoms with Crippen LogP contribution in [0.3, 0.4) is 0 Å². The van der Waals surface area contributed by atoms with E-state index < -0.39 is 0 Å². The van der Waals surface area contributed by atoms with Crippen molar-refractivity contribution < 1.29 is 5.11 Å². The van der Waals surface area contributed by atoms with Crippen molar-refractivity contribution in [3.05, 3.63) is 0 Å². The zero-order chi connectivity index (χ0) is 8.77. The van der Waals surface area contributed by atoms with Gasteiger partial charge in [0.15, 0.2) is 0 Å². The quantitative estimate of drug-likeness (QED) is 0.672. The highest BCUT2D eigenvalue weighted by Crippen LogP contribution is 2.59. The minimum atomic E-state index is 0.0197. The summed E-state index contributed by atoms with van der Waals surface area (Å²) >= 11 is 0. The van der Waals surface area contributed by atoms with Crippen LogP contribution in [-0.2, 0) is 0 Å². The summed E-state index contributed by atoms with van der Waals surface area (Å²) in [6.45, 7) is 4.49. The Bertz CT molecular complexity index is 168. The molecule has 2 aliphatic rings. The molecular formula is C11H20O. The summed E-state index contributed by atoms with van der Waals surface area (Å²) in [7, 11) is 0. The van der Waals surface area contributed by atoms with E-state index in [2.05, 4.69) is 13.8 Å². The first kappa shape index (κ1) is 8.55. The summed E-state index contributed by atoms with van der Waals surface area (Å²) in [6.07, 6.45) is 6.34. The lowest BCUT2D eigenvalue weighted by molar-refractivity contribution is -0.0263. The third-order valence-electron chi connectivity index (χ3n) is 4.64. The Morgan fingerprint density at radius 1 is 1.25 bits per heavy atom. The Hall–Kier alpha value is -0.0400. The van der Waals surface area contributed by atoms with Gasteiger partial charge in [0.1, 0.15) is 0 Å². The molecule has 2 aliphatic carbocycles. The number of fused-ring (bicyclic) bond motifs is 2. The number of hydrogen-bond acceptors (Lipinski definition) is 1. The van der Waals surface area contributed by atoms with Crippen molar-refractivity contribution in [2.24, 2.45) is 17.3 Å². The Labute approximate surface area is 75.2 Å². The van der Waals surface area contributed by atoms with Crippen LogP contribution in [0.25, 0.3) is 0 Å². The molecule has 0 spiro atoms. The van der Waals surface area contributed by atoms with Gasteiger partial charge >= 0.3 is 0 Å². The summed E-state index contributed by atoms with van der Waals surface area (Å²) < 4.78 is 0. The minimum Gasteiger partial charge on any atom is -0.392 e. The van der Waals surface area contributed by atoms with E-state index in [1.807, 2.05) is 0 Å². The summed E-state index contributed by atoms with van der Waals surface area (Å²) in [5, 5.41) is 10.1. The molecule has 2 fully saturated rings. The average Bonchev–Trinajstić information content (AvgIpc) is 2.64. The maximum Gasteiger partial charge on any atom is 0.0627 e. The maximum absolute atomic E-state index is 10.1. The van der Waals surface area contributed by atoms with Crippen LogP contribution in [0.1, 0.15) is 46.0 Å². The summed E-state index contributed by atoms with van der Waals surface area (Å²) in [4.78, 5) is 0. The van der Waals surface area contributed by atoms with Crippen molar-refractivity contribution >= 4 is 0 Å². The van der Waals surface area contributed by atoms with Gasteiger partial charge < -0.3 is 5.11 Å². The predicted octanol–water partition coefficient (Wildman–Crippen LogP) is 2.58. The van der Waals surface area contributed by atoms with E-state index in [9.17, 15) is 5.11 Å². The van der Waals surface area contributed by atoms with E-state index in [4.69, 9.17) is 0 Å². The van der Waals surface area contributed by atoms with Gasteiger partial charge in [0.05, 0.1) is 6.10 Å². The van der Waals surface area contributed by atoms with Gasteiger partial charge in [-0.15, -0.1) is 0 Å². The molecule has 0 radical (unpaired) electrons. The summed E-state index contributed by atoms with van der Waals surface area (Å²) in [5.41, 5.74) is 0.308. The third kappa shape index (κ3) is 0.834. The Morgan fingerprint density at radius 3 is 2.25 bits per heavy atom. The molecule has 0 amide bonds. The van der Waals surface area contributed by atoms with Crippen LogP contribution in [0, 0.1) is 17.3 Å². The first-order chi connectivity index (χ1) is 5.74. The molecule has 0 aliphatic heterocycles. The lowest BCUT2D eigenvalue weighted by Gasteiger charge is -2.40. The van der Waals surface area contributed by atoms with Crippen LogP contribution >= 0.6 is 0 Å². The van der Waals surface area contributed by atoms with Gasteiger partial charge in [0, 0.05) is 0 Å². The van der Waals surface area contributed by atoms with Crippen molar-refractivity contribution in [3.63, 3.8) is 0 Å². The fraction of sp³-hybridized carbons (Fsp3) is 1.00. The van der Waals surface area contributed by atoms with E-state index in [1.165, 1.54) is 32.1 Å². The van der Waals surface area contributed by atoms with Gasteiger partial charge in [-0.05, 0) is 49.4 Å². The highest BCUT2D eigenvalue weighted by atomic mass is 16.3. The number of aliphatic hydroxyl groups is 1. The van der Waals surface area contributed by atoms with Gasteiger partial charge in [-0.3, -0.25) is 0 Å². The Morgan fingerprint density at radius 2 is 1.92 bits per heavy atom. The van der Waals surface area contributed by atoms with Crippen LogP contribution in [0.2, 0.25) is 0 Å². The van der Waals surface area contributed by atoms with Crippen molar-refractivity contribution in [1.29, 1.82) is 0 Å². The molecule has 1 nitrogen and oxygen atoms in total. The van der Waals surface area contributed by atoms with Crippen molar-refractivity contribution in [2.75, 3.05) is 0 Å². The molecule has 1 heteroatoms. The molecular weight excluding hydrogens is 148 g/mol. The molecule has 2 saturated carbocycles. The molecule has 3 atom stereocenters. The normalized spacial score (nSPS) is 43.8. The Balaban J connectivity index is 2.24. The molecule has 0 aromatic heterocycles. The van der Waals surface area contributed by atoms with Crippen LogP contribution < -0.4 is 0 Å². The van der Waals surface area contributed by atoms with Crippen LogP contribution in [0.4, 0.5) is 0 Å². The molecule has 0 saturated heterocycles. The fourth-order valence-corrected chi connectivity index (χ4v) is 3.78. The second-order valence-corrected chi connectivity index (χ2v) is 4.66. The van der Waals surface area contributed by atoms with Gasteiger partial charge in [-0.2, -0.15) is 0 Å². The van der Waals surface area contributed by atoms with Crippen molar-refractivity contribution in [2.45, 2.75) is 52.1 Å². The van der Waals surface area contributed by atoms with E-state index in [0.717, 1.165) is 5.92 Å². The molecule has 0 aromatic carbocycles. The minimum absolute atomic E-state index is 0.0197. The van der Waals surface area contributed by atoms with E-state index in [-0.39, 0.29) is 6.10 Å². The first-order valence-electron chi connectivity index (χ1n) is 5.42. The smallest absolute Gasteiger partial charge is 0.0627 e. The highest BCUT2D eigenvalue weighted by Gasteiger charge is 2.55. The number of aliphatic hydroxyl groups excluding tert-OH is 1. The van der Waals surface area contributed by atoms with Crippen LogP contribution in [0.5, 0.6) is 0 Å². The molecule has 0 heterocycles. The Kier molecular flexibility index (Phi) is 1.95. The SMILES string of the molecule is CCC1(CC)C(O)[C@@H]2CC[C@H]1C2. The van der Waals surface area contributed by atoms with Gasteiger partial charge in [-0.1, -0.05) is 13.8 Å². The van der Waals surface area contributed by atoms with Crippen molar-refractivity contribution in [3.8, 4) is 0 Å². The van der Waals surface area contributed by atoms with Gasteiger partial charge in [-0.25, -0.2) is 0 Å². The molecule has 12 heavy (non-hydrogen) atoms. The lowest BCUT2D eigenvalue weighted by Crippen LogP contribution is -2.39. The fourth-order valence-electron chi connectivity index (χ4n) is 3.78. The largest absolute Gasteiger partial charge is 0.392 e. The van der Waals surface area contributed by atoms with Crippen LogP contribution in [-0.4, -0.2) is 11.2 Å². The topological polar surface area (TPSA) is 20.2 Å². The highest BCUT2D eigenvalue weighted by molar-refractivity contribution is 5.05.